The molecule has 1 atom stereocenters. The van der Waals surface area contributed by atoms with Crippen LogP contribution in [-0.4, -0.2) is 0 Å². The average molecular weight is 169 g/mol. The Morgan fingerprint density at radius 3 is 2.15 bits per heavy atom. The Morgan fingerprint density at radius 2 is 1.54 bits per heavy atom. The van der Waals surface area contributed by atoms with Gasteiger partial charge in [-0.2, -0.15) is 17.7 Å². The number of hydrogen-bond donors (Lipinski definition) is 0. The van der Waals surface area contributed by atoms with Crippen molar-refractivity contribution in [3.05, 3.63) is 65.7 Å². The SMILES string of the molecule is CC(c1ccccc1)[c-]1cccc1. The van der Waals surface area contributed by atoms with E-state index in [0.717, 1.165) is 0 Å². The van der Waals surface area contributed by atoms with Crippen molar-refractivity contribution >= 4 is 0 Å². The fourth-order valence-corrected chi connectivity index (χ4v) is 1.61. The third-order valence-electron chi connectivity index (χ3n) is 2.49. The van der Waals surface area contributed by atoms with Gasteiger partial charge in [0.25, 0.3) is 0 Å². The maximum atomic E-state index is 2.24. The zero-order chi connectivity index (χ0) is 9.10. The topological polar surface area (TPSA) is 0 Å². The quantitative estimate of drug-likeness (QED) is 0.603. The van der Waals surface area contributed by atoms with Crippen molar-refractivity contribution in [1.82, 2.24) is 0 Å². The second kappa shape index (κ2) is 3.53. The molecule has 0 spiro atoms. The van der Waals surface area contributed by atoms with Crippen LogP contribution >= 0.6 is 0 Å². The smallest absolute Gasteiger partial charge is 0.0393 e. The fourth-order valence-electron chi connectivity index (χ4n) is 1.61. The summed E-state index contributed by atoms with van der Waals surface area (Å²) in [6, 6.07) is 19.1. The summed E-state index contributed by atoms with van der Waals surface area (Å²) in [4.78, 5) is 0. The minimum absolute atomic E-state index is 0.510. The highest BCUT2D eigenvalue weighted by Crippen LogP contribution is 2.23. The molecule has 13 heavy (non-hydrogen) atoms. The van der Waals surface area contributed by atoms with Crippen molar-refractivity contribution in [3.63, 3.8) is 0 Å². The van der Waals surface area contributed by atoms with Crippen molar-refractivity contribution in [2.24, 2.45) is 0 Å². The summed E-state index contributed by atoms with van der Waals surface area (Å²) < 4.78 is 0. The highest BCUT2D eigenvalue weighted by atomic mass is 14.1. The molecule has 2 aromatic rings. The van der Waals surface area contributed by atoms with Crippen LogP contribution in [0, 0.1) is 0 Å². The molecule has 0 aromatic heterocycles. The molecule has 0 aliphatic heterocycles. The van der Waals surface area contributed by atoms with E-state index in [4.69, 9.17) is 0 Å². The molecule has 0 saturated heterocycles. The normalized spacial score (nSPS) is 12.7. The monoisotopic (exact) mass is 169 g/mol. The van der Waals surface area contributed by atoms with Crippen LogP contribution in [-0.2, 0) is 0 Å². The molecule has 0 fully saturated rings. The van der Waals surface area contributed by atoms with E-state index in [-0.39, 0.29) is 0 Å². The first-order valence-corrected chi connectivity index (χ1v) is 4.64. The lowest BCUT2D eigenvalue weighted by atomic mass is 9.95. The van der Waals surface area contributed by atoms with E-state index in [2.05, 4.69) is 61.5 Å². The summed E-state index contributed by atoms with van der Waals surface area (Å²) in [6.45, 7) is 2.24. The summed E-state index contributed by atoms with van der Waals surface area (Å²) >= 11 is 0. The largest absolute Gasteiger partial charge is 0.213 e. The van der Waals surface area contributed by atoms with Crippen LogP contribution in [0.5, 0.6) is 0 Å². The highest BCUT2D eigenvalue weighted by Gasteiger charge is 2.01. The number of rotatable bonds is 2. The van der Waals surface area contributed by atoms with Crippen LogP contribution in [0.15, 0.2) is 54.6 Å². The van der Waals surface area contributed by atoms with Gasteiger partial charge in [-0.3, -0.25) is 0 Å². The molecule has 0 saturated carbocycles. The lowest BCUT2D eigenvalue weighted by Gasteiger charge is -2.14. The molecule has 0 amide bonds. The van der Waals surface area contributed by atoms with Gasteiger partial charge in [-0.25, -0.2) is 12.1 Å². The Kier molecular flexibility index (Phi) is 2.22. The Labute approximate surface area is 79.2 Å². The van der Waals surface area contributed by atoms with Crippen LogP contribution in [0.1, 0.15) is 24.0 Å². The van der Waals surface area contributed by atoms with Gasteiger partial charge in [0, 0.05) is 0 Å². The maximum Gasteiger partial charge on any atom is -0.0393 e. The van der Waals surface area contributed by atoms with Gasteiger partial charge in [0.2, 0.25) is 0 Å². The van der Waals surface area contributed by atoms with E-state index in [9.17, 15) is 0 Å². The Bertz CT molecular complexity index is 343. The summed E-state index contributed by atoms with van der Waals surface area (Å²) in [6.07, 6.45) is 0. The number of benzene rings is 1. The molecule has 0 bridgehead atoms. The lowest BCUT2D eigenvalue weighted by Crippen LogP contribution is -1.92. The lowest BCUT2D eigenvalue weighted by molar-refractivity contribution is 0.928. The average Bonchev–Trinajstić information content (AvgIpc) is 2.71. The van der Waals surface area contributed by atoms with Crippen LogP contribution in [0.2, 0.25) is 0 Å². The van der Waals surface area contributed by atoms with Gasteiger partial charge >= 0.3 is 0 Å². The molecule has 66 valence electrons. The molecule has 0 aliphatic carbocycles. The van der Waals surface area contributed by atoms with Crippen molar-refractivity contribution in [2.45, 2.75) is 12.8 Å². The Morgan fingerprint density at radius 1 is 0.923 bits per heavy atom. The molecule has 0 heteroatoms. The standard InChI is InChI=1S/C13H13/c1-11(13-9-5-6-10-13)12-7-3-2-4-8-12/h2-11H,1H3/q-1. The second-order valence-corrected chi connectivity index (χ2v) is 3.35. The first-order chi connectivity index (χ1) is 6.38. The zero-order valence-electron chi connectivity index (χ0n) is 7.77. The van der Waals surface area contributed by atoms with Crippen molar-refractivity contribution in [2.75, 3.05) is 0 Å². The summed E-state index contributed by atoms with van der Waals surface area (Å²) in [5.41, 5.74) is 2.78. The molecule has 0 heterocycles. The second-order valence-electron chi connectivity index (χ2n) is 3.35. The van der Waals surface area contributed by atoms with Crippen molar-refractivity contribution in [3.8, 4) is 0 Å². The van der Waals surface area contributed by atoms with Gasteiger partial charge in [0.05, 0.1) is 0 Å². The molecule has 1 unspecified atom stereocenters. The molecule has 0 radical (unpaired) electrons. The Hall–Kier alpha value is -1.43. The molecular formula is C13H13-. The molecule has 2 aromatic carbocycles. The zero-order valence-corrected chi connectivity index (χ0v) is 7.77. The van der Waals surface area contributed by atoms with Crippen molar-refractivity contribution < 1.29 is 0 Å². The molecule has 0 nitrogen and oxygen atoms in total. The van der Waals surface area contributed by atoms with Crippen LogP contribution in [0.4, 0.5) is 0 Å². The summed E-state index contributed by atoms with van der Waals surface area (Å²) in [5, 5.41) is 0. The van der Waals surface area contributed by atoms with Gasteiger partial charge in [-0.1, -0.05) is 42.8 Å². The molecule has 0 N–H and O–H groups in total. The Balaban J connectivity index is 2.29. The molecular weight excluding hydrogens is 156 g/mol. The van der Waals surface area contributed by atoms with E-state index in [1.807, 2.05) is 0 Å². The van der Waals surface area contributed by atoms with E-state index in [1.165, 1.54) is 11.1 Å². The van der Waals surface area contributed by atoms with E-state index in [0.29, 0.717) is 5.92 Å². The third-order valence-corrected chi connectivity index (χ3v) is 2.49. The predicted octanol–water partition coefficient (Wildman–Crippen LogP) is 3.56. The van der Waals surface area contributed by atoms with Gasteiger partial charge in [-0.15, -0.1) is 0 Å². The highest BCUT2D eigenvalue weighted by molar-refractivity contribution is 5.31. The number of hydrogen-bond acceptors (Lipinski definition) is 0. The third kappa shape index (κ3) is 1.67. The summed E-state index contributed by atoms with van der Waals surface area (Å²) in [5.74, 6) is 0.510. The first-order valence-electron chi connectivity index (χ1n) is 4.64. The first kappa shape index (κ1) is 8.18. The van der Waals surface area contributed by atoms with Crippen LogP contribution in [0.25, 0.3) is 0 Å². The minimum atomic E-state index is 0.510. The van der Waals surface area contributed by atoms with Gasteiger partial charge in [-0.05, 0) is 5.92 Å². The summed E-state index contributed by atoms with van der Waals surface area (Å²) in [7, 11) is 0. The van der Waals surface area contributed by atoms with Gasteiger partial charge in [0.1, 0.15) is 0 Å². The van der Waals surface area contributed by atoms with Gasteiger partial charge in [0.15, 0.2) is 0 Å². The minimum Gasteiger partial charge on any atom is -0.213 e. The van der Waals surface area contributed by atoms with Crippen LogP contribution in [0.3, 0.4) is 0 Å². The van der Waals surface area contributed by atoms with E-state index < -0.39 is 0 Å². The van der Waals surface area contributed by atoms with Gasteiger partial charge < -0.3 is 0 Å². The predicted molar refractivity (Wildman–Crippen MR) is 56.0 cm³/mol. The molecule has 0 aliphatic rings. The van der Waals surface area contributed by atoms with Crippen molar-refractivity contribution in [1.29, 1.82) is 0 Å². The maximum absolute atomic E-state index is 2.24. The van der Waals surface area contributed by atoms with Crippen LogP contribution < -0.4 is 0 Å². The van der Waals surface area contributed by atoms with E-state index >= 15 is 0 Å². The fraction of sp³-hybridized carbons (Fsp3) is 0.154. The van der Waals surface area contributed by atoms with E-state index in [1.54, 1.807) is 0 Å². The molecule has 2 rings (SSSR count).